The maximum absolute atomic E-state index is 14.1. The van der Waals surface area contributed by atoms with Gasteiger partial charge >= 0.3 is 13.7 Å². The molecule has 14 heteroatoms. The molecule has 5 unspecified atom stereocenters. The molecule has 0 aliphatic carbocycles. The Kier molecular flexibility index (Phi) is 11.6. The highest BCUT2D eigenvalue weighted by molar-refractivity contribution is 7.51. The van der Waals surface area contributed by atoms with Gasteiger partial charge in [-0.05, 0) is 31.6 Å². The second kappa shape index (κ2) is 15.1. The number of nitrogens with two attached hydrogens (primary N) is 1. The van der Waals surface area contributed by atoms with Crippen LogP contribution in [0.3, 0.4) is 0 Å². The molecule has 0 amide bonds. The number of rotatable bonds is 6. The lowest BCUT2D eigenvalue weighted by molar-refractivity contribution is -0.146. The van der Waals surface area contributed by atoms with Gasteiger partial charge in [0.1, 0.15) is 18.0 Å². The lowest BCUT2D eigenvalue weighted by atomic mass is 10.1. The van der Waals surface area contributed by atoms with E-state index in [9.17, 15) is 9.36 Å². The number of anilines is 1. The number of allylic oxidation sites excluding steroid dienone is 1. The van der Waals surface area contributed by atoms with Gasteiger partial charge in [0, 0.05) is 12.3 Å². The second-order valence-corrected chi connectivity index (χ2v) is 13.3. The fourth-order valence-corrected chi connectivity index (χ4v) is 6.79. The van der Waals surface area contributed by atoms with E-state index in [4.69, 9.17) is 29.0 Å². The van der Waals surface area contributed by atoms with E-state index >= 15 is 0 Å². The first-order valence-corrected chi connectivity index (χ1v) is 16.6. The normalized spacial score (nSPS) is 28.0. The zero-order chi connectivity index (χ0) is 31.0. The van der Waals surface area contributed by atoms with Crippen LogP contribution in [0.4, 0.5) is 5.95 Å². The summed E-state index contributed by atoms with van der Waals surface area (Å²) < 4.78 is 45.4. The molecule has 0 saturated carbocycles. The minimum absolute atomic E-state index is 0.0285. The highest BCUT2D eigenvalue weighted by atomic mass is 31.2. The molecule has 4 heterocycles. The number of cyclic esters (lactones) is 1. The molecular formula is C29H45N6O7P. The summed E-state index contributed by atoms with van der Waals surface area (Å²) in [4.78, 5) is 26.3. The Morgan fingerprint density at radius 3 is 2.67 bits per heavy atom. The third-order valence-corrected chi connectivity index (χ3v) is 8.88. The van der Waals surface area contributed by atoms with Crippen LogP contribution in [0.1, 0.15) is 78.4 Å². The number of nitrogen functional groups attached to an aromatic ring is 1. The minimum Gasteiger partial charge on any atom is -0.476 e. The van der Waals surface area contributed by atoms with Crippen molar-refractivity contribution in [3.8, 4) is 5.88 Å². The van der Waals surface area contributed by atoms with Gasteiger partial charge in [-0.25, -0.2) is 9.55 Å². The molecule has 1 saturated heterocycles. The number of hydrogen-bond donors (Lipinski definition) is 2. The van der Waals surface area contributed by atoms with E-state index in [1.165, 1.54) is 0 Å². The Morgan fingerprint density at radius 1 is 1.23 bits per heavy atom. The first-order chi connectivity index (χ1) is 20.6. The average Bonchev–Trinajstić information content (AvgIpc) is 3.52. The Balaban J connectivity index is 1.60. The van der Waals surface area contributed by atoms with E-state index in [-0.39, 0.29) is 43.2 Å². The molecule has 5 atom stereocenters. The van der Waals surface area contributed by atoms with Crippen LogP contribution in [0.5, 0.6) is 5.88 Å². The average molecular weight is 621 g/mol. The molecule has 238 valence electrons. The molecular weight excluding hydrogens is 575 g/mol. The lowest BCUT2D eigenvalue weighted by Crippen LogP contribution is -2.38. The fourth-order valence-electron chi connectivity index (χ4n) is 5.24. The van der Waals surface area contributed by atoms with Crippen LogP contribution >= 0.6 is 7.75 Å². The van der Waals surface area contributed by atoms with Crippen molar-refractivity contribution in [2.45, 2.75) is 90.5 Å². The van der Waals surface area contributed by atoms with Gasteiger partial charge in [0.25, 0.3) is 0 Å². The van der Waals surface area contributed by atoms with Crippen LogP contribution in [0.15, 0.2) is 31.3 Å². The van der Waals surface area contributed by atoms with Gasteiger partial charge in [-0.3, -0.25) is 13.9 Å². The summed E-state index contributed by atoms with van der Waals surface area (Å²) in [7, 11) is -4.07. The summed E-state index contributed by atoms with van der Waals surface area (Å²) in [5.74, 6) is 0.253. The molecule has 1 fully saturated rings. The number of carbonyl (C=O) groups excluding carboxylic acids is 1. The minimum atomic E-state index is -4.07. The number of aromatic nitrogens is 4. The van der Waals surface area contributed by atoms with Gasteiger partial charge < -0.3 is 24.5 Å². The monoisotopic (exact) mass is 620 g/mol. The van der Waals surface area contributed by atoms with Crippen molar-refractivity contribution in [3.05, 3.63) is 31.3 Å². The number of ether oxygens (including phenoxy) is 3. The highest BCUT2D eigenvalue weighted by Gasteiger charge is 2.39. The van der Waals surface area contributed by atoms with Crippen molar-refractivity contribution in [2.24, 2.45) is 11.8 Å². The van der Waals surface area contributed by atoms with Gasteiger partial charge in [0.2, 0.25) is 11.8 Å². The Bertz CT molecular complexity index is 1320. The number of carbonyl (C=O) groups is 1. The largest absolute Gasteiger partial charge is 0.476 e. The first-order valence-electron chi connectivity index (χ1n) is 15.0. The summed E-state index contributed by atoms with van der Waals surface area (Å²) in [5, 5.41) is 2.86. The fraction of sp³-hybridized carbons (Fsp3) is 0.655. The van der Waals surface area contributed by atoms with Crippen molar-refractivity contribution >= 4 is 30.8 Å². The van der Waals surface area contributed by atoms with Gasteiger partial charge in [0.05, 0.1) is 32.3 Å². The van der Waals surface area contributed by atoms with Crippen molar-refractivity contribution in [2.75, 3.05) is 25.6 Å². The number of esters is 1. The molecule has 0 aromatic carbocycles. The molecule has 2 aliphatic heterocycles. The van der Waals surface area contributed by atoms with Gasteiger partial charge in [-0.15, -0.1) is 6.58 Å². The third kappa shape index (κ3) is 9.01. The van der Waals surface area contributed by atoms with E-state index in [1.807, 2.05) is 25.3 Å². The van der Waals surface area contributed by atoms with E-state index in [0.29, 0.717) is 42.9 Å². The maximum Gasteiger partial charge on any atom is 0.459 e. The van der Waals surface area contributed by atoms with Crippen LogP contribution in [0, 0.1) is 11.8 Å². The number of fused-ring (bicyclic) bond motifs is 3. The van der Waals surface area contributed by atoms with Crippen molar-refractivity contribution < 1.29 is 32.6 Å². The van der Waals surface area contributed by atoms with E-state index in [1.54, 1.807) is 12.4 Å². The standard InChI is InChI=1S/C29H45N6O7P/c1-6-12-21(5)42-43(37)34-23(15-19(2)3)28(36)39-14-11-9-7-8-10-13-38-26-24-25(32-29(30)33-26)35(18-31-24)27-20(4)16-22(41-27)17-40-43/h6,18-20,22-23,27H,1,5,7-17H2,2-4H3,(H,34,37)(H2,30,32,33). The van der Waals surface area contributed by atoms with E-state index < -0.39 is 32.1 Å². The summed E-state index contributed by atoms with van der Waals surface area (Å²) >= 11 is 0. The van der Waals surface area contributed by atoms with Gasteiger partial charge in [-0.1, -0.05) is 52.7 Å². The summed E-state index contributed by atoms with van der Waals surface area (Å²) in [6, 6.07) is -0.898. The van der Waals surface area contributed by atoms with Crippen molar-refractivity contribution in [1.82, 2.24) is 24.6 Å². The van der Waals surface area contributed by atoms with Crippen molar-refractivity contribution in [1.29, 1.82) is 0 Å². The lowest BCUT2D eigenvalue weighted by Gasteiger charge is -2.27. The molecule has 43 heavy (non-hydrogen) atoms. The molecule has 2 aromatic rings. The summed E-state index contributed by atoms with van der Waals surface area (Å²) in [5.41, 5.74) is 7.05. The Hall–Kier alpha value is -2.99. The zero-order valence-corrected chi connectivity index (χ0v) is 26.3. The molecule has 4 rings (SSSR count). The smallest absolute Gasteiger partial charge is 0.459 e. The maximum atomic E-state index is 14.1. The topological polar surface area (TPSA) is 162 Å². The van der Waals surface area contributed by atoms with E-state index in [0.717, 1.165) is 25.7 Å². The van der Waals surface area contributed by atoms with Gasteiger partial charge in [-0.2, -0.15) is 15.1 Å². The zero-order valence-electron chi connectivity index (χ0n) is 25.4. The van der Waals surface area contributed by atoms with Crippen LogP contribution in [0.2, 0.25) is 0 Å². The van der Waals surface area contributed by atoms with Gasteiger partial charge in [0.15, 0.2) is 11.2 Å². The quantitative estimate of drug-likeness (QED) is 0.182. The second-order valence-electron chi connectivity index (χ2n) is 11.6. The number of imidazole rings is 1. The molecule has 13 nitrogen and oxygen atoms in total. The van der Waals surface area contributed by atoms with Crippen molar-refractivity contribution in [3.63, 3.8) is 0 Å². The molecule has 0 spiro atoms. The molecule has 6 bridgehead atoms. The predicted octanol–water partition coefficient (Wildman–Crippen LogP) is 5.45. The first kappa shape index (κ1) is 32.9. The molecule has 0 radical (unpaired) electrons. The number of nitrogens with zero attached hydrogens (tertiary/aromatic N) is 4. The van der Waals surface area contributed by atoms with Crippen LogP contribution in [-0.4, -0.2) is 57.5 Å². The number of nitrogens with one attached hydrogen (secondary N) is 1. The molecule has 2 aromatic heterocycles. The van der Waals surface area contributed by atoms with Crippen LogP contribution in [0.25, 0.3) is 11.2 Å². The number of hydrogen-bond acceptors (Lipinski definition) is 11. The van der Waals surface area contributed by atoms with Crippen LogP contribution < -0.4 is 15.6 Å². The predicted molar refractivity (Wildman–Crippen MR) is 162 cm³/mol. The SMILES string of the molecule is C=CCC(=C)OP1(=O)NC(CC(C)C)C(=O)OCCCCCCCOc2nc(N)nc3c2ncn3C2OC(CO1)CC2C. The summed E-state index contributed by atoms with van der Waals surface area (Å²) in [6.07, 6.45) is 7.89. The highest BCUT2D eigenvalue weighted by Crippen LogP contribution is 2.49. The molecule has 3 N–H and O–H groups in total. The molecule has 2 aliphatic rings. The van der Waals surface area contributed by atoms with E-state index in [2.05, 4.69) is 33.2 Å². The third-order valence-electron chi connectivity index (χ3n) is 7.26. The Morgan fingerprint density at radius 2 is 1.95 bits per heavy atom. The van der Waals surface area contributed by atoms with Crippen LogP contribution in [-0.2, 0) is 27.9 Å². The Labute approximate surface area is 253 Å². The summed E-state index contributed by atoms with van der Waals surface area (Å²) in [6.45, 7) is 14.2.